The quantitative estimate of drug-likeness (QED) is 0.154. The zero-order chi connectivity index (χ0) is 20.3. The van der Waals surface area contributed by atoms with Gasteiger partial charge in [-0.3, -0.25) is 25.0 Å². The van der Waals surface area contributed by atoms with Crippen LogP contribution in [0.5, 0.6) is 0 Å². The highest BCUT2D eigenvalue weighted by atomic mass is 16.6. The van der Waals surface area contributed by atoms with Gasteiger partial charge in [0.05, 0.1) is 9.85 Å². The number of hydrogen-bond acceptors (Lipinski definition) is 5. The van der Waals surface area contributed by atoms with Gasteiger partial charge in [-0.05, 0) is 50.7 Å². The molecule has 0 aliphatic heterocycles. The predicted molar refractivity (Wildman–Crippen MR) is 106 cm³/mol. The van der Waals surface area contributed by atoms with E-state index in [1.54, 1.807) is 6.08 Å². The summed E-state index contributed by atoms with van der Waals surface area (Å²) in [6.07, 6.45) is 18.8. The fourth-order valence-corrected chi connectivity index (χ4v) is 2.31. The summed E-state index contributed by atoms with van der Waals surface area (Å²) >= 11 is 0. The molecule has 149 valence electrons. The van der Waals surface area contributed by atoms with Crippen molar-refractivity contribution in [3.05, 3.63) is 68.1 Å². The fourth-order valence-electron chi connectivity index (χ4n) is 2.31. The maximum atomic E-state index is 11.1. The number of hydrogen-bond donors (Lipinski definition) is 0. The molecule has 0 bridgehead atoms. The van der Waals surface area contributed by atoms with Crippen molar-refractivity contribution in [3.8, 4) is 0 Å². The molecule has 0 amide bonds. The van der Waals surface area contributed by atoms with Gasteiger partial charge in [-0.1, -0.05) is 44.1 Å². The number of carbonyl (C=O) groups excluding carboxylic acids is 1. The highest BCUT2D eigenvalue weighted by Gasteiger charge is 2.20. The SMILES string of the molecule is CC/C=C/C/C=C(/C/C(=C/C/C=C/CCCCCC[C]=O)[N+](=O)[O-])[N+](=O)[O-]. The first-order valence-corrected chi connectivity index (χ1v) is 9.34. The fraction of sp³-hybridized carbons (Fsp3) is 0.550. The summed E-state index contributed by atoms with van der Waals surface area (Å²) in [7, 11) is 0. The number of rotatable bonds is 16. The molecule has 1 radical (unpaired) electrons. The zero-order valence-electron chi connectivity index (χ0n) is 16.0. The van der Waals surface area contributed by atoms with Gasteiger partial charge in [0.2, 0.25) is 0 Å². The molecule has 0 saturated heterocycles. The molecule has 27 heavy (non-hydrogen) atoms. The van der Waals surface area contributed by atoms with Crippen molar-refractivity contribution in [2.24, 2.45) is 0 Å². The third-order valence-electron chi connectivity index (χ3n) is 3.78. The lowest BCUT2D eigenvalue weighted by Crippen LogP contribution is -2.06. The molecule has 0 rings (SSSR count). The molecule has 0 spiro atoms. The van der Waals surface area contributed by atoms with Gasteiger partial charge in [-0.2, -0.15) is 0 Å². The van der Waals surface area contributed by atoms with Crippen molar-refractivity contribution >= 4 is 6.29 Å². The molecule has 0 unspecified atom stereocenters. The standard InChI is InChI=1S/C20H29N2O5/c1-2-3-4-12-15-19(21(24)25)18-20(22(26)27)16-13-10-8-6-5-7-9-11-14-17-23/h3-4,8,10,15-16H,2,5-7,9,11-14,18H2,1H3/b4-3+,10-8+,19-15-,20-16-. The van der Waals surface area contributed by atoms with E-state index in [1.807, 2.05) is 31.4 Å². The average Bonchev–Trinajstić information content (AvgIpc) is 2.63. The van der Waals surface area contributed by atoms with E-state index in [-0.39, 0.29) is 17.8 Å². The summed E-state index contributed by atoms with van der Waals surface area (Å²) in [6, 6.07) is 0. The third-order valence-corrected chi connectivity index (χ3v) is 3.78. The molecule has 0 heterocycles. The van der Waals surface area contributed by atoms with E-state index in [4.69, 9.17) is 0 Å². The lowest BCUT2D eigenvalue weighted by atomic mass is 10.1. The molecule has 7 nitrogen and oxygen atoms in total. The van der Waals surface area contributed by atoms with Gasteiger partial charge in [0, 0.05) is 6.42 Å². The molecule has 0 saturated carbocycles. The molecule has 7 heteroatoms. The van der Waals surface area contributed by atoms with E-state index in [2.05, 4.69) is 0 Å². The Hall–Kier alpha value is -2.57. The Labute approximate surface area is 160 Å². The summed E-state index contributed by atoms with van der Waals surface area (Å²) in [6.45, 7) is 1.96. The molecule has 0 aromatic rings. The first kappa shape index (κ1) is 24.4. The van der Waals surface area contributed by atoms with Crippen LogP contribution in [0.1, 0.15) is 71.1 Å². The molecule has 0 N–H and O–H groups in total. The minimum atomic E-state index is -0.560. The summed E-state index contributed by atoms with van der Waals surface area (Å²) in [5, 5.41) is 22.2. The van der Waals surface area contributed by atoms with Crippen LogP contribution >= 0.6 is 0 Å². The molecular weight excluding hydrogens is 348 g/mol. The zero-order valence-corrected chi connectivity index (χ0v) is 16.0. The second-order valence-corrected chi connectivity index (χ2v) is 6.00. The van der Waals surface area contributed by atoms with Crippen LogP contribution in [-0.4, -0.2) is 16.1 Å². The Bertz CT molecular complexity index is 577. The van der Waals surface area contributed by atoms with E-state index in [9.17, 15) is 25.0 Å². The van der Waals surface area contributed by atoms with Crippen molar-refractivity contribution in [1.82, 2.24) is 0 Å². The maximum Gasteiger partial charge on any atom is 0.253 e. The lowest BCUT2D eigenvalue weighted by Gasteiger charge is -1.98. The van der Waals surface area contributed by atoms with Crippen molar-refractivity contribution in [3.63, 3.8) is 0 Å². The van der Waals surface area contributed by atoms with E-state index >= 15 is 0 Å². The van der Waals surface area contributed by atoms with Crippen LogP contribution in [0.4, 0.5) is 0 Å². The number of nitro groups is 2. The number of unbranched alkanes of at least 4 members (excludes halogenated alkanes) is 5. The molecule has 0 atom stereocenters. The second-order valence-electron chi connectivity index (χ2n) is 6.00. The third kappa shape index (κ3) is 14.3. The van der Waals surface area contributed by atoms with Gasteiger partial charge in [-0.15, -0.1) is 0 Å². The smallest absolute Gasteiger partial charge is 0.253 e. The number of nitrogens with zero attached hydrogens (tertiary/aromatic N) is 2. The monoisotopic (exact) mass is 377 g/mol. The first-order chi connectivity index (χ1) is 13.0. The average molecular weight is 377 g/mol. The molecule has 0 fully saturated rings. The molecule has 0 aromatic carbocycles. The number of allylic oxidation sites excluding steroid dienone is 6. The Morgan fingerprint density at radius 3 is 1.93 bits per heavy atom. The van der Waals surface area contributed by atoms with Crippen LogP contribution < -0.4 is 0 Å². The van der Waals surface area contributed by atoms with E-state index < -0.39 is 9.85 Å². The van der Waals surface area contributed by atoms with E-state index in [0.717, 1.165) is 38.5 Å². The molecule has 0 aliphatic carbocycles. The largest absolute Gasteiger partial charge is 0.291 e. The van der Waals surface area contributed by atoms with Gasteiger partial charge in [0.1, 0.15) is 6.42 Å². The van der Waals surface area contributed by atoms with Crippen LogP contribution in [0.2, 0.25) is 0 Å². The van der Waals surface area contributed by atoms with Crippen LogP contribution in [-0.2, 0) is 4.79 Å². The Kier molecular flexibility index (Phi) is 15.3. The molecule has 0 aromatic heterocycles. The van der Waals surface area contributed by atoms with E-state index in [1.165, 1.54) is 12.2 Å². The van der Waals surface area contributed by atoms with Crippen LogP contribution in [0.25, 0.3) is 0 Å². The maximum absolute atomic E-state index is 11.1. The Morgan fingerprint density at radius 2 is 1.41 bits per heavy atom. The minimum Gasteiger partial charge on any atom is -0.291 e. The van der Waals surface area contributed by atoms with Crippen molar-refractivity contribution in [1.29, 1.82) is 0 Å². The Balaban J connectivity index is 4.48. The second kappa shape index (κ2) is 16.9. The van der Waals surface area contributed by atoms with E-state index in [0.29, 0.717) is 19.3 Å². The van der Waals surface area contributed by atoms with Gasteiger partial charge in [-0.25, -0.2) is 0 Å². The van der Waals surface area contributed by atoms with Crippen LogP contribution in [0.15, 0.2) is 47.9 Å². The van der Waals surface area contributed by atoms with Gasteiger partial charge in [0.15, 0.2) is 6.29 Å². The summed E-state index contributed by atoms with van der Waals surface area (Å²) in [5.41, 5.74) is -0.317. The van der Waals surface area contributed by atoms with Gasteiger partial charge < -0.3 is 0 Å². The highest BCUT2D eigenvalue weighted by Crippen LogP contribution is 2.15. The normalized spacial score (nSPS) is 12.8. The minimum absolute atomic E-state index is 0.157. The highest BCUT2D eigenvalue weighted by molar-refractivity contribution is 5.50. The van der Waals surface area contributed by atoms with Crippen LogP contribution in [0, 0.1) is 20.2 Å². The lowest BCUT2D eigenvalue weighted by molar-refractivity contribution is -0.450. The van der Waals surface area contributed by atoms with Crippen molar-refractivity contribution < 1.29 is 14.6 Å². The predicted octanol–water partition coefficient (Wildman–Crippen LogP) is 5.45. The first-order valence-electron chi connectivity index (χ1n) is 9.34. The summed E-state index contributed by atoms with van der Waals surface area (Å²) < 4.78 is 0. The molecule has 0 aliphatic rings. The summed E-state index contributed by atoms with van der Waals surface area (Å²) in [5.74, 6) is 0. The topological polar surface area (TPSA) is 103 Å². The van der Waals surface area contributed by atoms with Crippen molar-refractivity contribution in [2.75, 3.05) is 0 Å². The summed E-state index contributed by atoms with van der Waals surface area (Å²) in [4.78, 5) is 31.2. The van der Waals surface area contributed by atoms with Crippen molar-refractivity contribution in [2.45, 2.75) is 71.1 Å². The van der Waals surface area contributed by atoms with Crippen LogP contribution in [0.3, 0.4) is 0 Å². The van der Waals surface area contributed by atoms with Gasteiger partial charge >= 0.3 is 0 Å². The Morgan fingerprint density at radius 1 is 0.852 bits per heavy atom. The van der Waals surface area contributed by atoms with Gasteiger partial charge in [0.25, 0.3) is 11.4 Å². The molecular formula is C20H29N2O5.